The van der Waals surface area contributed by atoms with E-state index in [4.69, 9.17) is 5.73 Å². The summed E-state index contributed by atoms with van der Waals surface area (Å²) in [5.41, 5.74) is 8.03. The molecule has 0 bridgehead atoms. The molecule has 0 aliphatic carbocycles. The van der Waals surface area contributed by atoms with Gasteiger partial charge < -0.3 is 10.6 Å². The zero-order valence-electron chi connectivity index (χ0n) is 12.0. The SMILES string of the molecule is CCCN(CC)C(=O)c1ccc(C#CCN)c(C)c1. The average Bonchev–Trinajstić information content (AvgIpc) is 2.42. The Morgan fingerprint density at radius 2 is 2.11 bits per heavy atom. The number of nitrogens with two attached hydrogens (primary N) is 1. The molecule has 0 saturated heterocycles. The van der Waals surface area contributed by atoms with Crippen molar-refractivity contribution in [3.63, 3.8) is 0 Å². The molecular weight excluding hydrogens is 236 g/mol. The number of nitrogens with zero attached hydrogens (tertiary/aromatic N) is 1. The first-order valence-corrected chi connectivity index (χ1v) is 6.72. The molecule has 1 aromatic carbocycles. The van der Waals surface area contributed by atoms with E-state index in [0.29, 0.717) is 6.54 Å². The zero-order valence-corrected chi connectivity index (χ0v) is 12.0. The molecule has 0 fully saturated rings. The third kappa shape index (κ3) is 4.11. The molecule has 0 unspecified atom stereocenters. The molecule has 102 valence electrons. The maximum Gasteiger partial charge on any atom is 0.253 e. The molecule has 3 nitrogen and oxygen atoms in total. The van der Waals surface area contributed by atoms with Crippen molar-refractivity contribution < 1.29 is 4.79 Å². The summed E-state index contributed by atoms with van der Waals surface area (Å²) in [6.45, 7) is 7.92. The topological polar surface area (TPSA) is 46.3 Å². The van der Waals surface area contributed by atoms with Crippen molar-refractivity contribution in [2.75, 3.05) is 19.6 Å². The number of hydrogen-bond donors (Lipinski definition) is 1. The summed E-state index contributed by atoms with van der Waals surface area (Å²) in [4.78, 5) is 14.2. The van der Waals surface area contributed by atoms with Crippen LogP contribution in [0.15, 0.2) is 18.2 Å². The number of amides is 1. The average molecular weight is 258 g/mol. The van der Waals surface area contributed by atoms with Crippen LogP contribution in [0.1, 0.15) is 41.8 Å². The molecule has 19 heavy (non-hydrogen) atoms. The highest BCUT2D eigenvalue weighted by atomic mass is 16.2. The minimum Gasteiger partial charge on any atom is -0.339 e. The van der Waals surface area contributed by atoms with Crippen molar-refractivity contribution in [2.24, 2.45) is 5.73 Å². The highest BCUT2D eigenvalue weighted by Crippen LogP contribution is 2.12. The first-order chi connectivity index (χ1) is 9.13. The van der Waals surface area contributed by atoms with Crippen LogP contribution in [0.2, 0.25) is 0 Å². The lowest BCUT2D eigenvalue weighted by Crippen LogP contribution is -2.31. The molecule has 1 rings (SSSR count). The van der Waals surface area contributed by atoms with Crippen molar-refractivity contribution in [1.29, 1.82) is 0 Å². The molecule has 0 saturated carbocycles. The molecule has 0 atom stereocenters. The predicted octanol–water partition coefficient (Wildman–Crippen LogP) is 2.18. The smallest absolute Gasteiger partial charge is 0.253 e. The van der Waals surface area contributed by atoms with E-state index in [-0.39, 0.29) is 5.91 Å². The van der Waals surface area contributed by atoms with Crippen molar-refractivity contribution in [3.8, 4) is 11.8 Å². The number of hydrogen-bond acceptors (Lipinski definition) is 2. The van der Waals surface area contributed by atoms with Gasteiger partial charge in [-0.15, -0.1) is 0 Å². The summed E-state index contributed by atoms with van der Waals surface area (Å²) >= 11 is 0. The zero-order chi connectivity index (χ0) is 14.3. The minimum absolute atomic E-state index is 0.0887. The Labute approximate surface area is 115 Å². The van der Waals surface area contributed by atoms with Crippen molar-refractivity contribution in [2.45, 2.75) is 27.2 Å². The Morgan fingerprint density at radius 3 is 2.63 bits per heavy atom. The van der Waals surface area contributed by atoms with Gasteiger partial charge in [0.15, 0.2) is 0 Å². The summed E-state index contributed by atoms with van der Waals surface area (Å²) in [6.07, 6.45) is 0.971. The van der Waals surface area contributed by atoms with Crippen LogP contribution < -0.4 is 5.73 Å². The van der Waals surface area contributed by atoms with Crippen LogP contribution >= 0.6 is 0 Å². The molecule has 1 amide bonds. The Bertz CT molecular complexity index is 497. The van der Waals surface area contributed by atoms with Gasteiger partial charge in [-0.25, -0.2) is 0 Å². The lowest BCUT2D eigenvalue weighted by Gasteiger charge is -2.20. The highest BCUT2D eigenvalue weighted by molar-refractivity contribution is 5.94. The van der Waals surface area contributed by atoms with Gasteiger partial charge in [0.25, 0.3) is 5.91 Å². The Hall–Kier alpha value is -1.79. The molecule has 0 spiro atoms. The Kier molecular flexibility index (Phi) is 6.11. The van der Waals surface area contributed by atoms with Crippen molar-refractivity contribution >= 4 is 5.91 Å². The van der Waals surface area contributed by atoms with Gasteiger partial charge in [0.05, 0.1) is 6.54 Å². The highest BCUT2D eigenvalue weighted by Gasteiger charge is 2.13. The van der Waals surface area contributed by atoms with Gasteiger partial charge in [0.1, 0.15) is 0 Å². The van der Waals surface area contributed by atoms with E-state index in [9.17, 15) is 4.79 Å². The fourth-order valence-electron chi connectivity index (χ4n) is 1.94. The van der Waals surface area contributed by atoms with Crippen LogP contribution in [0.4, 0.5) is 0 Å². The first kappa shape index (κ1) is 15.3. The summed E-state index contributed by atoms with van der Waals surface area (Å²) < 4.78 is 0. The summed E-state index contributed by atoms with van der Waals surface area (Å²) in [7, 11) is 0. The van der Waals surface area contributed by atoms with E-state index in [1.807, 2.05) is 36.9 Å². The van der Waals surface area contributed by atoms with E-state index >= 15 is 0 Å². The number of carbonyl (C=O) groups is 1. The van der Waals surface area contributed by atoms with Crippen molar-refractivity contribution in [3.05, 3.63) is 34.9 Å². The van der Waals surface area contributed by atoms with Crippen LogP contribution in [0.3, 0.4) is 0 Å². The fourth-order valence-corrected chi connectivity index (χ4v) is 1.94. The predicted molar refractivity (Wildman–Crippen MR) is 79.0 cm³/mol. The number of rotatable bonds is 4. The minimum atomic E-state index is 0.0887. The molecule has 2 N–H and O–H groups in total. The van der Waals surface area contributed by atoms with Crippen LogP contribution in [-0.4, -0.2) is 30.4 Å². The third-order valence-corrected chi connectivity index (χ3v) is 2.96. The molecule has 0 radical (unpaired) electrons. The van der Waals surface area contributed by atoms with Crippen LogP contribution in [0, 0.1) is 18.8 Å². The lowest BCUT2D eigenvalue weighted by molar-refractivity contribution is 0.0764. The largest absolute Gasteiger partial charge is 0.339 e. The normalized spacial score (nSPS) is 9.68. The van der Waals surface area contributed by atoms with E-state index in [2.05, 4.69) is 18.8 Å². The first-order valence-electron chi connectivity index (χ1n) is 6.72. The monoisotopic (exact) mass is 258 g/mol. The molecular formula is C16H22N2O. The van der Waals surface area contributed by atoms with Gasteiger partial charge in [-0.1, -0.05) is 18.8 Å². The second-order valence-electron chi connectivity index (χ2n) is 4.42. The maximum atomic E-state index is 12.3. The summed E-state index contributed by atoms with van der Waals surface area (Å²) in [5, 5.41) is 0. The molecule has 0 aliphatic rings. The van der Waals surface area contributed by atoms with E-state index in [1.165, 1.54) is 0 Å². The van der Waals surface area contributed by atoms with Gasteiger partial charge in [-0.05, 0) is 44.0 Å². The molecule has 3 heteroatoms. The number of carbonyl (C=O) groups excluding carboxylic acids is 1. The van der Waals surface area contributed by atoms with Crippen LogP contribution in [0.5, 0.6) is 0 Å². The van der Waals surface area contributed by atoms with Gasteiger partial charge in [-0.2, -0.15) is 0 Å². The molecule has 0 aromatic heterocycles. The second-order valence-corrected chi connectivity index (χ2v) is 4.42. The number of aryl methyl sites for hydroxylation is 1. The second kappa shape index (κ2) is 7.60. The maximum absolute atomic E-state index is 12.3. The fraction of sp³-hybridized carbons (Fsp3) is 0.438. The van der Waals surface area contributed by atoms with E-state index < -0.39 is 0 Å². The Morgan fingerprint density at radius 1 is 1.37 bits per heavy atom. The summed E-state index contributed by atoms with van der Waals surface area (Å²) in [5.74, 6) is 5.93. The van der Waals surface area contributed by atoms with Gasteiger partial charge in [0, 0.05) is 24.2 Å². The van der Waals surface area contributed by atoms with E-state index in [0.717, 1.165) is 36.2 Å². The van der Waals surface area contributed by atoms with Gasteiger partial charge in [-0.3, -0.25) is 4.79 Å². The molecule has 0 aliphatic heterocycles. The summed E-state index contributed by atoms with van der Waals surface area (Å²) in [6, 6.07) is 5.64. The number of benzene rings is 1. The van der Waals surface area contributed by atoms with E-state index in [1.54, 1.807) is 0 Å². The van der Waals surface area contributed by atoms with Crippen molar-refractivity contribution in [1.82, 2.24) is 4.90 Å². The third-order valence-electron chi connectivity index (χ3n) is 2.96. The van der Waals surface area contributed by atoms with Crippen LogP contribution in [0.25, 0.3) is 0 Å². The lowest BCUT2D eigenvalue weighted by atomic mass is 10.0. The Balaban J connectivity index is 2.96. The van der Waals surface area contributed by atoms with Crippen LogP contribution in [-0.2, 0) is 0 Å². The standard InChI is InChI=1S/C16H22N2O/c1-4-11-18(5-2)16(19)15-9-8-14(7-6-10-17)13(3)12-15/h8-9,12H,4-5,10-11,17H2,1-3H3. The quantitative estimate of drug-likeness (QED) is 0.841. The van der Waals surface area contributed by atoms with Gasteiger partial charge >= 0.3 is 0 Å². The molecule has 1 aromatic rings. The molecule has 0 heterocycles. The van der Waals surface area contributed by atoms with Gasteiger partial charge in [0.2, 0.25) is 0 Å².